The lowest BCUT2D eigenvalue weighted by Crippen LogP contribution is -2.44. The van der Waals surface area contributed by atoms with Gasteiger partial charge in [-0.25, -0.2) is 0 Å². The number of nitrogens with one attached hydrogen (secondary N) is 1. The van der Waals surface area contributed by atoms with Crippen LogP contribution in [0.5, 0.6) is 11.5 Å². The van der Waals surface area contributed by atoms with Gasteiger partial charge in [-0.2, -0.15) is 0 Å². The van der Waals surface area contributed by atoms with E-state index in [1.807, 2.05) is 54.7 Å². The van der Waals surface area contributed by atoms with E-state index in [2.05, 4.69) is 20.1 Å². The van der Waals surface area contributed by atoms with E-state index in [9.17, 15) is 9.90 Å². The van der Waals surface area contributed by atoms with E-state index in [1.54, 1.807) is 18.2 Å². The first-order valence-electron chi connectivity index (χ1n) is 13.8. The molecule has 0 bridgehead atoms. The number of phenolic OH excluding ortho intramolecular Hbond substituents is 1. The smallest absolute Gasteiger partial charge is 0.287 e. The van der Waals surface area contributed by atoms with Gasteiger partial charge in [0.25, 0.3) is 5.91 Å². The van der Waals surface area contributed by atoms with Crippen LogP contribution in [0.1, 0.15) is 41.9 Å². The number of rotatable bonds is 7. The molecule has 2 fully saturated rings. The van der Waals surface area contributed by atoms with Crippen molar-refractivity contribution in [3.8, 4) is 11.5 Å². The summed E-state index contributed by atoms with van der Waals surface area (Å²) in [5.74, 6) is 1.20. The number of aromatic hydroxyl groups is 1. The molecule has 2 aromatic carbocycles. The average Bonchev–Trinajstić information content (AvgIpc) is 3.39. The zero-order chi connectivity index (χ0) is 26.6. The zero-order valence-electron chi connectivity index (χ0n) is 22.0. The fourth-order valence-corrected chi connectivity index (χ4v) is 5.50. The Labute approximate surface area is 228 Å². The van der Waals surface area contributed by atoms with Crippen LogP contribution < -0.4 is 15.0 Å². The number of furan rings is 1. The lowest BCUT2D eigenvalue weighted by atomic mass is 10.0. The van der Waals surface area contributed by atoms with Gasteiger partial charge >= 0.3 is 0 Å². The fourth-order valence-electron chi connectivity index (χ4n) is 5.50. The van der Waals surface area contributed by atoms with E-state index < -0.39 is 0 Å². The Morgan fingerprint density at radius 2 is 1.77 bits per heavy atom. The highest BCUT2D eigenvalue weighted by Crippen LogP contribution is 2.28. The van der Waals surface area contributed by atoms with Gasteiger partial charge in [0.2, 0.25) is 0 Å². The van der Waals surface area contributed by atoms with Gasteiger partial charge in [0.1, 0.15) is 23.2 Å². The predicted octanol–water partition coefficient (Wildman–Crippen LogP) is 4.98. The first-order chi connectivity index (χ1) is 19.1. The van der Waals surface area contributed by atoms with Crippen molar-refractivity contribution < 1.29 is 19.1 Å². The maximum absolute atomic E-state index is 12.9. The second-order valence-electron chi connectivity index (χ2n) is 10.5. The SMILES string of the molecule is O=C(NC1CCN(Cc2ccccn2)CC1)c1cc2ccc(OC3CCN(c4ccc(O)cc4)CC3)cc2o1. The number of carbonyl (C=O) groups excluding carboxylic acids is 1. The van der Waals surface area contributed by atoms with Crippen molar-refractivity contribution in [3.05, 3.63) is 84.4 Å². The number of nitrogens with zero attached hydrogens (tertiary/aromatic N) is 3. The maximum atomic E-state index is 12.9. The van der Waals surface area contributed by atoms with Gasteiger partial charge in [0.15, 0.2) is 5.76 Å². The number of amides is 1. The summed E-state index contributed by atoms with van der Waals surface area (Å²) in [5.41, 5.74) is 2.85. The molecule has 2 aliphatic heterocycles. The second-order valence-corrected chi connectivity index (χ2v) is 10.5. The highest BCUT2D eigenvalue weighted by Gasteiger charge is 2.24. The number of carbonyl (C=O) groups is 1. The summed E-state index contributed by atoms with van der Waals surface area (Å²) in [4.78, 5) is 22.0. The lowest BCUT2D eigenvalue weighted by Gasteiger charge is -2.33. The largest absolute Gasteiger partial charge is 0.508 e. The van der Waals surface area contributed by atoms with Gasteiger partial charge < -0.3 is 24.5 Å². The molecule has 8 heteroatoms. The van der Waals surface area contributed by atoms with Crippen LogP contribution in [0.3, 0.4) is 0 Å². The molecule has 4 heterocycles. The number of phenols is 1. The monoisotopic (exact) mass is 526 g/mol. The Bertz CT molecular complexity index is 1390. The lowest BCUT2D eigenvalue weighted by molar-refractivity contribution is 0.0882. The third-order valence-corrected chi connectivity index (χ3v) is 7.71. The van der Waals surface area contributed by atoms with Crippen LogP contribution in [-0.2, 0) is 6.54 Å². The van der Waals surface area contributed by atoms with E-state index >= 15 is 0 Å². The second kappa shape index (κ2) is 11.4. The normalized spacial score (nSPS) is 17.4. The molecule has 8 nitrogen and oxygen atoms in total. The number of fused-ring (bicyclic) bond motifs is 1. The van der Waals surface area contributed by atoms with Crippen LogP contribution in [0.15, 0.2) is 77.3 Å². The van der Waals surface area contributed by atoms with Crippen LogP contribution in [0.2, 0.25) is 0 Å². The highest BCUT2D eigenvalue weighted by atomic mass is 16.5. The summed E-state index contributed by atoms with van der Waals surface area (Å²) in [6, 6.07) is 21.1. The Morgan fingerprint density at radius 1 is 0.974 bits per heavy atom. The summed E-state index contributed by atoms with van der Waals surface area (Å²) in [5, 5.41) is 13.6. The molecule has 0 radical (unpaired) electrons. The van der Waals surface area contributed by atoms with E-state index in [-0.39, 0.29) is 23.8 Å². The standard InChI is InChI=1S/C31H34N4O4/c36-26-7-5-25(6-8-26)35-17-12-27(13-18-35)38-28-9-4-22-19-30(39-29(22)20-28)31(37)33-23-10-15-34(16-11-23)21-24-3-1-2-14-32-24/h1-9,14,19-20,23,27,36H,10-13,15-18,21H2,(H,33,37). The number of ether oxygens (including phenoxy) is 1. The van der Waals surface area contributed by atoms with E-state index in [4.69, 9.17) is 9.15 Å². The average molecular weight is 527 g/mol. The Kier molecular flexibility index (Phi) is 7.36. The summed E-state index contributed by atoms with van der Waals surface area (Å²) >= 11 is 0. The molecule has 39 heavy (non-hydrogen) atoms. The van der Waals surface area contributed by atoms with Gasteiger partial charge in [-0.15, -0.1) is 0 Å². The summed E-state index contributed by atoms with van der Waals surface area (Å²) in [6.07, 6.45) is 5.58. The van der Waals surface area contributed by atoms with Crippen LogP contribution >= 0.6 is 0 Å². The fraction of sp³-hybridized carbons (Fsp3) is 0.355. The van der Waals surface area contributed by atoms with Crippen molar-refractivity contribution in [2.75, 3.05) is 31.1 Å². The third-order valence-electron chi connectivity index (χ3n) is 7.71. The van der Waals surface area contributed by atoms with Crippen molar-refractivity contribution in [1.82, 2.24) is 15.2 Å². The Morgan fingerprint density at radius 3 is 2.51 bits per heavy atom. The number of anilines is 1. The van der Waals surface area contributed by atoms with Crippen molar-refractivity contribution >= 4 is 22.6 Å². The number of hydrogen-bond donors (Lipinski definition) is 2. The van der Waals surface area contributed by atoms with Gasteiger partial charge in [-0.1, -0.05) is 6.07 Å². The van der Waals surface area contributed by atoms with E-state index in [0.29, 0.717) is 11.3 Å². The number of piperidine rings is 2. The van der Waals surface area contributed by atoms with Crippen LogP contribution in [0.25, 0.3) is 11.0 Å². The molecular formula is C31H34N4O4. The first kappa shape index (κ1) is 25.2. The van der Waals surface area contributed by atoms with Gasteiger partial charge in [-0.3, -0.25) is 14.7 Å². The van der Waals surface area contributed by atoms with Gasteiger partial charge in [0, 0.05) is 74.9 Å². The maximum Gasteiger partial charge on any atom is 0.287 e. The molecule has 0 saturated carbocycles. The minimum atomic E-state index is -0.168. The number of hydrogen-bond acceptors (Lipinski definition) is 7. The van der Waals surface area contributed by atoms with E-state index in [1.165, 1.54) is 0 Å². The van der Waals surface area contributed by atoms with Crippen LogP contribution in [0, 0.1) is 0 Å². The molecule has 0 aliphatic carbocycles. The molecule has 2 aromatic heterocycles. The summed E-state index contributed by atoms with van der Waals surface area (Å²) < 4.78 is 12.2. The van der Waals surface area contributed by atoms with Crippen molar-refractivity contribution in [2.45, 2.75) is 44.4 Å². The third kappa shape index (κ3) is 6.17. The quantitative estimate of drug-likeness (QED) is 0.351. The van der Waals surface area contributed by atoms with Crippen molar-refractivity contribution in [1.29, 1.82) is 0 Å². The molecule has 1 amide bonds. The summed E-state index contributed by atoms with van der Waals surface area (Å²) in [7, 11) is 0. The van der Waals surface area contributed by atoms with Gasteiger partial charge in [0.05, 0.1) is 5.69 Å². The summed E-state index contributed by atoms with van der Waals surface area (Å²) in [6.45, 7) is 4.48. The Hall–Kier alpha value is -4.04. The number of pyridine rings is 1. The van der Waals surface area contributed by atoms with Crippen molar-refractivity contribution in [3.63, 3.8) is 0 Å². The molecule has 0 unspecified atom stereocenters. The Balaban J connectivity index is 0.999. The van der Waals surface area contributed by atoms with E-state index in [0.717, 1.165) is 80.9 Å². The number of aromatic nitrogens is 1. The molecule has 4 aromatic rings. The van der Waals surface area contributed by atoms with Crippen LogP contribution in [-0.4, -0.2) is 59.2 Å². The minimum Gasteiger partial charge on any atom is -0.508 e. The highest BCUT2D eigenvalue weighted by molar-refractivity contribution is 5.96. The first-order valence-corrected chi connectivity index (χ1v) is 13.8. The van der Waals surface area contributed by atoms with Crippen molar-refractivity contribution in [2.24, 2.45) is 0 Å². The molecule has 2 saturated heterocycles. The molecule has 6 rings (SSSR count). The molecule has 202 valence electrons. The molecule has 2 N–H and O–H groups in total. The zero-order valence-corrected chi connectivity index (χ0v) is 22.0. The number of likely N-dealkylation sites (tertiary alicyclic amines) is 1. The molecular weight excluding hydrogens is 492 g/mol. The molecule has 2 aliphatic rings. The minimum absolute atomic E-state index is 0.122. The molecule has 0 spiro atoms. The topological polar surface area (TPSA) is 91.1 Å². The van der Waals surface area contributed by atoms with Gasteiger partial charge in [-0.05, 0) is 67.4 Å². The van der Waals surface area contributed by atoms with Crippen LogP contribution in [0.4, 0.5) is 5.69 Å². The molecule has 0 atom stereocenters. The predicted molar refractivity (Wildman–Crippen MR) is 150 cm³/mol. The number of benzene rings is 2.